The molecule has 2 atom stereocenters. The number of carboxylic acids is 1. The summed E-state index contributed by atoms with van der Waals surface area (Å²) in [7, 11) is 1.45. The average molecular weight is 240 g/mol. The minimum atomic E-state index is -0.903. The van der Waals surface area contributed by atoms with Crippen LogP contribution in [-0.2, 0) is 14.4 Å². The molecule has 2 amide bonds. The van der Waals surface area contributed by atoms with Gasteiger partial charge in [-0.05, 0) is 19.4 Å². The van der Waals surface area contributed by atoms with E-state index in [0.29, 0.717) is 13.0 Å². The molecule has 0 saturated carbocycles. The monoisotopic (exact) mass is 240 g/mol. The molecular weight excluding hydrogens is 224 g/mol. The summed E-state index contributed by atoms with van der Waals surface area (Å²) in [5.74, 6) is -1.41. The molecule has 6 nitrogen and oxygen atoms in total. The zero-order valence-corrected chi connectivity index (χ0v) is 9.76. The number of carbonyl (C=O) groups is 3. The highest BCUT2D eigenvalue weighted by atomic mass is 16.4. The van der Waals surface area contributed by atoms with Crippen molar-refractivity contribution >= 4 is 17.8 Å². The summed E-state index contributed by atoms with van der Waals surface area (Å²) in [5, 5.41) is 9.14. The highest BCUT2D eigenvalue weighted by Gasteiger charge is 2.44. The first kappa shape index (κ1) is 12.0. The number of hydrogen-bond donors (Lipinski definition) is 1. The molecule has 2 unspecified atom stereocenters. The predicted octanol–water partition coefficient (Wildman–Crippen LogP) is -0.317. The molecule has 2 rings (SSSR count). The van der Waals surface area contributed by atoms with E-state index in [0.717, 1.165) is 17.7 Å². The molecule has 17 heavy (non-hydrogen) atoms. The number of rotatable bonds is 2. The minimum Gasteiger partial charge on any atom is -0.480 e. The van der Waals surface area contributed by atoms with Crippen molar-refractivity contribution in [1.82, 2.24) is 9.80 Å². The fourth-order valence-corrected chi connectivity index (χ4v) is 2.59. The molecule has 2 fully saturated rings. The van der Waals surface area contributed by atoms with Gasteiger partial charge in [0.1, 0.15) is 6.04 Å². The van der Waals surface area contributed by atoms with E-state index in [1.165, 1.54) is 7.05 Å². The lowest BCUT2D eigenvalue weighted by molar-refractivity contribution is -0.147. The first-order chi connectivity index (χ1) is 8.02. The van der Waals surface area contributed by atoms with E-state index in [1.807, 2.05) is 0 Å². The number of piperidine rings is 1. The third-order valence-electron chi connectivity index (χ3n) is 3.59. The van der Waals surface area contributed by atoms with Crippen LogP contribution in [0.25, 0.3) is 0 Å². The Morgan fingerprint density at radius 2 is 2.06 bits per heavy atom. The van der Waals surface area contributed by atoms with E-state index < -0.39 is 18.1 Å². The van der Waals surface area contributed by atoms with Gasteiger partial charge < -0.3 is 5.11 Å². The van der Waals surface area contributed by atoms with Gasteiger partial charge in [-0.2, -0.15) is 0 Å². The first-order valence-electron chi connectivity index (χ1n) is 5.81. The van der Waals surface area contributed by atoms with Gasteiger partial charge in [-0.3, -0.25) is 24.2 Å². The van der Waals surface area contributed by atoms with Crippen molar-refractivity contribution in [3.63, 3.8) is 0 Å². The van der Waals surface area contributed by atoms with Crippen molar-refractivity contribution in [2.45, 2.75) is 37.8 Å². The molecule has 2 aliphatic heterocycles. The summed E-state index contributed by atoms with van der Waals surface area (Å²) in [6.45, 7) is 0.578. The Bertz CT molecular complexity index is 368. The lowest BCUT2D eigenvalue weighted by Crippen LogP contribution is -2.52. The van der Waals surface area contributed by atoms with Gasteiger partial charge in [-0.1, -0.05) is 6.42 Å². The number of aliphatic carboxylic acids is 1. The smallest absolute Gasteiger partial charge is 0.320 e. The molecule has 2 aliphatic rings. The second-order valence-corrected chi connectivity index (χ2v) is 4.60. The van der Waals surface area contributed by atoms with Gasteiger partial charge in [-0.15, -0.1) is 0 Å². The summed E-state index contributed by atoms with van der Waals surface area (Å²) >= 11 is 0. The Morgan fingerprint density at radius 3 is 2.59 bits per heavy atom. The van der Waals surface area contributed by atoms with Gasteiger partial charge >= 0.3 is 5.97 Å². The molecule has 1 N–H and O–H groups in total. The maximum Gasteiger partial charge on any atom is 0.320 e. The Labute approximate surface area is 99.2 Å². The average Bonchev–Trinajstić information content (AvgIpc) is 2.57. The number of nitrogens with zero attached hydrogens (tertiary/aromatic N) is 2. The summed E-state index contributed by atoms with van der Waals surface area (Å²) in [6, 6.07) is -1.20. The van der Waals surface area contributed by atoms with Crippen LogP contribution in [0.15, 0.2) is 0 Å². The lowest BCUT2D eigenvalue weighted by Gasteiger charge is -2.35. The van der Waals surface area contributed by atoms with Crippen LogP contribution in [0.3, 0.4) is 0 Å². The molecule has 6 heteroatoms. The third-order valence-corrected chi connectivity index (χ3v) is 3.59. The number of carboxylic acid groups (broad SMARTS) is 1. The standard InChI is InChI=1S/C11H16N2O4/c1-12-9(14)6-8(10(12)15)13-5-3-2-4-7(13)11(16)17/h7-8H,2-6H2,1H3,(H,16,17). The van der Waals surface area contributed by atoms with Gasteiger partial charge in [0, 0.05) is 7.05 Å². The van der Waals surface area contributed by atoms with E-state index >= 15 is 0 Å². The van der Waals surface area contributed by atoms with Crippen molar-refractivity contribution in [1.29, 1.82) is 0 Å². The topological polar surface area (TPSA) is 77.9 Å². The van der Waals surface area contributed by atoms with Crippen molar-refractivity contribution in [3.05, 3.63) is 0 Å². The summed E-state index contributed by atoms with van der Waals surface area (Å²) < 4.78 is 0. The van der Waals surface area contributed by atoms with Crippen LogP contribution in [0.5, 0.6) is 0 Å². The van der Waals surface area contributed by atoms with E-state index in [9.17, 15) is 14.4 Å². The Hall–Kier alpha value is -1.43. The van der Waals surface area contributed by atoms with Gasteiger partial charge in [0.15, 0.2) is 0 Å². The van der Waals surface area contributed by atoms with Crippen LogP contribution in [0.1, 0.15) is 25.7 Å². The van der Waals surface area contributed by atoms with Crippen molar-refractivity contribution in [2.75, 3.05) is 13.6 Å². The second kappa shape index (κ2) is 4.44. The highest BCUT2D eigenvalue weighted by Crippen LogP contribution is 2.25. The normalized spacial score (nSPS) is 31.0. The number of likely N-dealkylation sites (N-methyl/N-ethyl adjacent to an activating group) is 1. The van der Waals surface area contributed by atoms with Crippen molar-refractivity contribution in [3.8, 4) is 0 Å². The summed E-state index contributed by atoms with van der Waals surface area (Å²) in [6.07, 6.45) is 2.40. The Balaban J connectivity index is 2.17. The van der Waals surface area contributed by atoms with Crippen LogP contribution in [0.2, 0.25) is 0 Å². The van der Waals surface area contributed by atoms with Gasteiger partial charge in [-0.25, -0.2) is 0 Å². The zero-order valence-electron chi connectivity index (χ0n) is 9.76. The van der Waals surface area contributed by atoms with Crippen LogP contribution < -0.4 is 0 Å². The molecule has 2 saturated heterocycles. The fourth-order valence-electron chi connectivity index (χ4n) is 2.59. The molecule has 0 aromatic heterocycles. The minimum absolute atomic E-state index is 0.110. The zero-order chi connectivity index (χ0) is 12.6. The van der Waals surface area contributed by atoms with E-state index in [2.05, 4.69) is 0 Å². The number of hydrogen-bond acceptors (Lipinski definition) is 4. The summed E-state index contributed by atoms with van der Waals surface area (Å²) in [5.41, 5.74) is 0. The Morgan fingerprint density at radius 1 is 1.35 bits per heavy atom. The second-order valence-electron chi connectivity index (χ2n) is 4.60. The molecule has 0 bridgehead atoms. The quantitative estimate of drug-likeness (QED) is 0.669. The maximum atomic E-state index is 11.9. The van der Waals surface area contributed by atoms with E-state index in [4.69, 9.17) is 5.11 Å². The van der Waals surface area contributed by atoms with Crippen LogP contribution in [0, 0.1) is 0 Å². The molecule has 0 aromatic rings. The van der Waals surface area contributed by atoms with Gasteiger partial charge in [0.25, 0.3) is 0 Å². The number of likely N-dealkylation sites (tertiary alicyclic amines) is 2. The van der Waals surface area contributed by atoms with Gasteiger partial charge in [0.2, 0.25) is 11.8 Å². The van der Waals surface area contributed by atoms with Crippen LogP contribution in [-0.4, -0.2) is 58.4 Å². The molecule has 94 valence electrons. The molecule has 0 spiro atoms. The molecule has 0 radical (unpaired) electrons. The van der Waals surface area contributed by atoms with E-state index in [-0.39, 0.29) is 18.2 Å². The number of imide groups is 1. The van der Waals surface area contributed by atoms with Crippen LogP contribution in [0.4, 0.5) is 0 Å². The van der Waals surface area contributed by atoms with Gasteiger partial charge in [0.05, 0.1) is 12.5 Å². The predicted molar refractivity (Wildman–Crippen MR) is 58.2 cm³/mol. The molecule has 2 heterocycles. The Kier molecular flexibility index (Phi) is 3.15. The SMILES string of the molecule is CN1C(=O)CC(N2CCCCC2C(=O)O)C1=O. The number of amides is 2. The summed E-state index contributed by atoms with van der Waals surface area (Å²) in [4.78, 5) is 37.2. The maximum absolute atomic E-state index is 11.9. The fraction of sp³-hybridized carbons (Fsp3) is 0.727. The largest absolute Gasteiger partial charge is 0.480 e. The van der Waals surface area contributed by atoms with Crippen molar-refractivity contribution < 1.29 is 19.5 Å². The molecular formula is C11H16N2O4. The number of carbonyl (C=O) groups excluding carboxylic acids is 2. The van der Waals surface area contributed by atoms with E-state index in [1.54, 1.807) is 4.90 Å². The third kappa shape index (κ3) is 2.04. The first-order valence-corrected chi connectivity index (χ1v) is 5.81. The molecule has 0 aromatic carbocycles. The highest BCUT2D eigenvalue weighted by molar-refractivity contribution is 6.05. The van der Waals surface area contributed by atoms with Crippen LogP contribution >= 0.6 is 0 Å². The lowest BCUT2D eigenvalue weighted by atomic mass is 9.99. The van der Waals surface area contributed by atoms with Crippen molar-refractivity contribution in [2.24, 2.45) is 0 Å². The molecule has 0 aliphatic carbocycles.